The lowest BCUT2D eigenvalue weighted by Crippen LogP contribution is -2.41. The first-order valence-corrected chi connectivity index (χ1v) is 4.56. The molecule has 0 saturated carbocycles. The van der Waals surface area contributed by atoms with Crippen molar-refractivity contribution in [1.82, 2.24) is 9.47 Å². The van der Waals surface area contributed by atoms with Crippen molar-refractivity contribution in [2.75, 3.05) is 20.1 Å². The van der Waals surface area contributed by atoms with E-state index >= 15 is 0 Å². The number of nitrogens with zero attached hydrogens (tertiary/aromatic N) is 2. The predicted octanol–water partition coefficient (Wildman–Crippen LogP) is 1.81. The Hall–Kier alpha value is -0.890. The van der Waals surface area contributed by atoms with E-state index in [-0.39, 0.29) is 0 Å². The van der Waals surface area contributed by atoms with Gasteiger partial charge in [0.05, 0.1) is 20.1 Å². The molecule has 0 spiro atoms. The normalized spacial score (nSPS) is 21.1. The maximum Gasteiger partial charge on any atom is 0.135 e. The van der Waals surface area contributed by atoms with Crippen LogP contribution in [0.5, 0.6) is 0 Å². The number of rotatable bonds is 1. The molecule has 1 aliphatic rings. The second kappa shape index (κ2) is 2.87. The molecule has 1 saturated heterocycles. The molecule has 0 atom stereocenters. The third kappa shape index (κ3) is 1.23. The minimum atomic E-state index is 1.10. The third-order valence-electron chi connectivity index (χ3n) is 2.84. The van der Waals surface area contributed by atoms with Crippen LogP contribution in [-0.2, 0) is 0 Å². The van der Waals surface area contributed by atoms with Gasteiger partial charge in [-0.2, -0.15) is 0 Å². The lowest BCUT2D eigenvalue weighted by molar-refractivity contribution is 0.406. The van der Waals surface area contributed by atoms with Gasteiger partial charge in [0.25, 0.3) is 0 Å². The van der Waals surface area contributed by atoms with Crippen molar-refractivity contribution in [3.63, 3.8) is 0 Å². The molecule has 1 aliphatic heterocycles. The highest BCUT2D eigenvalue weighted by atomic mass is 15.3. The zero-order valence-electron chi connectivity index (χ0n) is 7.53. The second-order valence-electron chi connectivity index (χ2n) is 3.76. The summed E-state index contributed by atoms with van der Waals surface area (Å²) in [6, 6.07) is 4.26. The maximum absolute atomic E-state index is 4.04. The van der Waals surface area contributed by atoms with E-state index in [9.17, 15) is 0 Å². The molecule has 1 fully saturated rings. The molecule has 64 valence electrons. The third-order valence-corrected chi connectivity index (χ3v) is 2.84. The summed E-state index contributed by atoms with van der Waals surface area (Å²) in [5.74, 6) is 0. The Labute approximate surface area is 73.4 Å². The van der Waals surface area contributed by atoms with Gasteiger partial charge in [-0.15, -0.1) is 0 Å². The summed E-state index contributed by atoms with van der Waals surface area (Å²) >= 11 is 0. The van der Waals surface area contributed by atoms with Gasteiger partial charge in [0, 0.05) is 37.4 Å². The fourth-order valence-electron chi connectivity index (χ4n) is 2.00. The number of pyridine rings is 1. The molecule has 0 radical (unpaired) electrons. The van der Waals surface area contributed by atoms with Gasteiger partial charge in [-0.3, -0.25) is 9.47 Å². The summed E-state index contributed by atoms with van der Waals surface area (Å²) in [4.78, 5) is 4.04. The highest BCUT2D eigenvalue weighted by Crippen LogP contribution is 2.25. The van der Waals surface area contributed by atoms with E-state index in [1.165, 1.54) is 31.6 Å². The maximum atomic E-state index is 4.04. The Kier molecular flexibility index (Phi) is 1.85. The largest absolute Gasteiger partial charge is 0.293 e. The SMILES string of the molecule is C[N+]1(c2ccncc2)CCCC1. The van der Waals surface area contributed by atoms with E-state index < -0.39 is 0 Å². The van der Waals surface area contributed by atoms with E-state index in [0.717, 1.165) is 4.48 Å². The van der Waals surface area contributed by atoms with Crippen LogP contribution in [0, 0.1) is 0 Å². The fraction of sp³-hybridized carbons (Fsp3) is 0.500. The number of aromatic nitrogens is 1. The summed E-state index contributed by atoms with van der Waals surface area (Å²) in [5, 5.41) is 0. The Morgan fingerprint density at radius 3 is 2.33 bits per heavy atom. The molecule has 0 aliphatic carbocycles. The molecule has 2 nitrogen and oxygen atoms in total. The van der Waals surface area contributed by atoms with Gasteiger partial charge in [0.15, 0.2) is 0 Å². The molecular weight excluding hydrogens is 148 g/mol. The van der Waals surface area contributed by atoms with Crippen LogP contribution in [0.3, 0.4) is 0 Å². The van der Waals surface area contributed by atoms with Crippen LogP contribution in [0.1, 0.15) is 12.8 Å². The van der Waals surface area contributed by atoms with Crippen LogP contribution in [0.2, 0.25) is 0 Å². The fourth-order valence-corrected chi connectivity index (χ4v) is 2.00. The molecule has 2 heteroatoms. The van der Waals surface area contributed by atoms with Crippen molar-refractivity contribution in [2.24, 2.45) is 0 Å². The van der Waals surface area contributed by atoms with Crippen molar-refractivity contribution < 1.29 is 0 Å². The van der Waals surface area contributed by atoms with E-state index in [0.29, 0.717) is 0 Å². The van der Waals surface area contributed by atoms with Crippen molar-refractivity contribution in [3.8, 4) is 0 Å². The number of likely N-dealkylation sites (tertiary alicyclic amines) is 1. The van der Waals surface area contributed by atoms with Crippen LogP contribution >= 0.6 is 0 Å². The minimum absolute atomic E-state index is 1.10. The van der Waals surface area contributed by atoms with Gasteiger partial charge >= 0.3 is 0 Å². The first kappa shape index (κ1) is 7.74. The topological polar surface area (TPSA) is 12.9 Å². The van der Waals surface area contributed by atoms with Crippen LogP contribution in [-0.4, -0.2) is 25.1 Å². The van der Waals surface area contributed by atoms with Gasteiger partial charge in [0.1, 0.15) is 5.69 Å². The Balaban J connectivity index is 2.29. The average molecular weight is 163 g/mol. The zero-order chi connectivity index (χ0) is 8.44. The number of hydrogen-bond acceptors (Lipinski definition) is 1. The molecule has 0 aromatic carbocycles. The average Bonchev–Trinajstić information content (AvgIpc) is 2.55. The molecule has 12 heavy (non-hydrogen) atoms. The van der Waals surface area contributed by atoms with E-state index in [1.807, 2.05) is 12.4 Å². The van der Waals surface area contributed by atoms with Crippen LogP contribution < -0.4 is 4.48 Å². The van der Waals surface area contributed by atoms with Crippen LogP contribution in [0.25, 0.3) is 0 Å². The van der Waals surface area contributed by atoms with Crippen LogP contribution in [0.4, 0.5) is 5.69 Å². The van der Waals surface area contributed by atoms with Gasteiger partial charge in [0.2, 0.25) is 0 Å². The summed E-state index contributed by atoms with van der Waals surface area (Å²) in [5.41, 5.74) is 1.41. The molecule has 0 N–H and O–H groups in total. The summed E-state index contributed by atoms with van der Waals surface area (Å²) in [6.45, 7) is 2.56. The van der Waals surface area contributed by atoms with E-state index in [2.05, 4.69) is 24.2 Å². The van der Waals surface area contributed by atoms with Gasteiger partial charge < -0.3 is 0 Å². The first-order chi connectivity index (χ1) is 5.81. The molecule has 2 heterocycles. The standard InChI is InChI=1S/C10H15N2/c1-12(8-2-3-9-12)10-4-6-11-7-5-10/h4-7H,2-3,8-9H2,1H3/q+1. The van der Waals surface area contributed by atoms with E-state index in [1.54, 1.807) is 0 Å². The van der Waals surface area contributed by atoms with Crippen molar-refractivity contribution in [3.05, 3.63) is 24.5 Å². The predicted molar refractivity (Wildman–Crippen MR) is 50.9 cm³/mol. The highest BCUT2D eigenvalue weighted by Gasteiger charge is 2.28. The quantitative estimate of drug-likeness (QED) is 0.575. The molecule has 0 amide bonds. The van der Waals surface area contributed by atoms with E-state index in [4.69, 9.17) is 0 Å². The number of hydrogen-bond donors (Lipinski definition) is 0. The first-order valence-electron chi connectivity index (χ1n) is 4.56. The lowest BCUT2D eigenvalue weighted by atomic mass is 10.3. The van der Waals surface area contributed by atoms with Gasteiger partial charge in [-0.25, -0.2) is 0 Å². The Morgan fingerprint density at radius 2 is 1.75 bits per heavy atom. The molecule has 1 aromatic heterocycles. The molecule has 2 rings (SSSR count). The summed E-state index contributed by atoms with van der Waals surface area (Å²) < 4.78 is 1.10. The summed E-state index contributed by atoms with van der Waals surface area (Å²) in [6.07, 6.45) is 6.49. The monoisotopic (exact) mass is 163 g/mol. The highest BCUT2D eigenvalue weighted by molar-refractivity contribution is 5.40. The lowest BCUT2D eigenvalue weighted by Gasteiger charge is -2.28. The van der Waals surface area contributed by atoms with Crippen molar-refractivity contribution >= 4 is 5.69 Å². The summed E-state index contributed by atoms with van der Waals surface area (Å²) in [7, 11) is 2.31. The zero-order valence-corrected chi connectivity index (χ0v) is 7.53. The molecule has 0 bridgehead atoms. The Morgan fingerprint density at radius 1 is 1.17 bits per heavy atom. The molecular formula is C10H15N2+. The van der Waals surface area contributed by atoms with Crippen molar-refractivity contribution in [1.29, 1.82) is 0 Å². The van der Waals surface area contributed by atoms with Gasteiger partial charge in [-0.1, -0.05) is 0 Å². The smallest absolute Gasteiger partial charge is 0.135 e. The minimum Gasteiger partial charge on any atom is -0.293 e. The molecule has 0 unspecified atom stereocenters. The molecule has 1 aromatic rings. The van der Waals surface area contributed by atoms with Crippen LogP contribution in [0.15, 0.2) is 24.5 Å². The van der Waals surface area contributed by atoms with Crippen molar-refractivity contribution in [2.45, 2.75) is 12.8 Å². The second-order valence-corrected chi connectivity index (χ2v) is 3.76. The number of quaternary nitrogens is 1. The van der Waals surface area contributed by atoms with Gasteiger partial charge in [-0.05, 0) is 0 Å². The Bertz CT molecular complexity index is 250.